The fraction of sp³-hybridized carbons (Fsp3) is 0.667. The lowest BCUT2D eigenvalue weighted by Gasteiger charge is -2.25. The van der Waals surface area contributed by atoms with E-state index in [0.717, 1.165) is 55.2 Å². The molecule has 0 amide bonds. The third kappa shape index (κ3) is 4.04. The average Bonchev–Trinajstić information content (AvgIpc) is 3.05. The van der Waals surface area contributed by atoms with Crippen LogP contribution in [0.3, 0.4) is 0 Å². The van der Waals surface area contributed by atoms with Crippen molar-refractivity contribution in [3.8, 4) is 0 Å². The number of nitrogens with zero attached hydrogens (tertiary/aromatic N) is 3. The maximum absolute atomic E-state index is 9.50. The highest BCUT2D eigenvalue weighted by Crippen LogP contribution is 2.25. The quantitative estimate of drug-likeness (QED) is 0.615. The van der Waals surface area contributed by atoms with Gasteiger partial charge in [-0.05, 0) is 38.3 Å². The van der Waals surface area contributed by atoms with Crippen molar-refractivity contribution in [2.24, 2.45) is 0 Å². The van der Waals surface area contributed by atoms with Gasteiger partial charge in [0.15, 0.2) is 5.65 Å². The van der Waals surface area contributed by atoms with E-state index in [4.69, 9.17) is 5.10 Å². The highest BCUT2D eigenvalue weighted by atomic mass is 16.3. The number of rotatable bonds is 7. The summed E-state index contributed by atoms with van der Waals surface area (Å²) in [6.07, 6.45) is 4.95. The van der Waals surface area contributed by atoms with E-state index in [0.29, 0.717) is 12.0 Å². The van der Waals surface area contributed by atoms with E-state index in [-0.39, 0.29) is 12.6 Å². The fourth-order valence-corrected chi connectivity index (χ4v) is 3.23. The zero-order chi connectivity index (χ0) is 17.8. The molecule has 3 rings (SSSR count). The molecule has 0 unspecified atom stereocenters. The van der Waals surface area contributed by atoms with Crippen molar-refractivity contribution in [3.05, 3.63) is 18.0 Å². The number of aliphatic hydroxyl groups is 1. The molecule has 1 fully saturated rings. The van der Waals surface area contributed by atoms with Gasteiger partial charge >= 0.3 is 0 Å². The second-order valence-electron chi connectivity index (χ2n) is 7.12. The van der Waals surface area contributed by atoms with Gasteiger partial charge in [-0.3, -0.25) is 0 Å². The SMILES string of the molecule is CC[C@H](CO)Nc1cc(NC2CCNCC2)c2ncc(C(C)C)n2n1. The molecule has 1 aliphatic heterocycles. The van der Waals surface area contributed by atoms with Crippen molar-refractivity contribution >= 4 is 17.2 Å². The van der Waals surface area contributed by atoms with Crippen LogP contribution in [0.5, 0.6) is 0 Å². The van der Waals surface area contributed by atoms with Crippen LogP contribution in [0.2, 0.25) is 0 Å². The third-order valence-electron chi connectivity index (χ3n) is 4.85. The first kappa shape index (κ1) is 17.9. The molecule has 25 heavy (non-hydrogen) atoms. The normalized spacial score (nSPS) is 17.2. The summed E-state index contributed by atoms with van der Waals surface area (Å²) in [5.74, 6) is 1.11. The highest BCUT2D eigenvalue weighted by Gasteiger charge is 2.18. The molecule has 0 radical (unpaired) electrons. The molecule has 3 heterocycles. The predicted molar refractivity (Wildman–Crippen MR) is 101 cm³/mol. The molecule has 1 saturated heterocycles. The van der Waals surface area contributed by atoms with E-state index < -0.39 is 0 Å². The van der Waals surface area contributed by atoms with Crippen LogP contribution in [0.4, 0.5) is 11.5 Å². The van der Waals surface area contributed by atoms with Crippen LogP contribution in [-0.4, -0.2) is 51.5 Å². The average molecular weight is 346 g/mol. The summed E-state index contributed by atoms with van der Waals surface area (Å²) in [6, 6.07) is 2.47. The van der Waals surface area contributed by atoms with Crippen LogP contribution in [0, 0.1) is 0 Å². The maximum atomic E-state index is 9.50. The van der Waals surface area contributed by atoms with Crippen LogP contribution in [0.15, 0.2) is 12.3 Å². The summed E-state index contributed by atoms with van der Waals surface area (Å²) in [6.45, 7) is 8.52. The zero-order valence-corrected chi connectivity index (χ0v) is 15.4. The molecule has 0 spiro atoms. The first-order valence-corrected chi connectivity index (χ1v) is 9.35. The number of aliphatic hydroxyl groups excluding tert-OH is 1. The zero-order valence-electron chi connectivity index (χ0n) is 15.4. The minimum Gasteiger partial charge on any atom is -0.394 e. The Labute approximate surface area is 149 Å². The van der Waals surface area contributed by atoms with Crippen molar-refractivity contribution in [1.82, 2.24) is 19.9 Å². The lowest BCUT2D eigenvalue weighted by atomic mass is 10.1. The number of piperidine rings is 1. The third-order valence-corrected chi connectivity index (χ3v) is 4.85. The summed E-state index contributed by atoms with van der Waals surface area (Å²) in [5.41, 5.74) is 2.96. The molecule has 0 saturated carbocycles. The van der Waals surface area contributed by atoms with Gasteiger partial charge in [-0.1, -0.05) is 20.8 Å². The van der Waals surface area contributed by atoms with Crippen molar-refractivity contribution < 1.29 is 5.11 Å². The number of hydrogen-bond donors (Lipinski definition) is 4. The number of hydrogen-bond acceptors (Lipinski definition) is 6. The van der Waals surface area contributed by atoms with E-state index in [1.807, 2.05) is 16.8 Å². The Hall–Kier alpha value is -1.86. The van der Waals surface area contributed by atoms with Crippen LogP contribution in [-0.2, 0) is 0 Å². The monoisotopic (exact) mass is 346 g/mol. The maximum Gasteiger partial charge on any atom is 0.177 e. The van der Waals surface area contributed by atoms with E-state index in [1.165, 1.54) is 0 Å². The highest BCUT2D eigenvalue weighted by molar-refractivity contribution is 5.71. The number of nitrogens with one attached hydrogen (secondary N) is 3. The summed E-state index contributed by atoms with van der Waals surface area (Å²) in [4.78, 5) is 4.61. The summed E-state index contributed by atoms with van der Waals surface area (Å²) >= 11 is 0. The van der Waals surface area contributed by atoms with Gasteiger partial charge in [-0.25, -0.2) is 9.50 Å². The van der Waals surface area contributed by atoms with Gasteiger partial charge in [0, 0.05) is 12.1 Å². The minimum absolute atomic E-state index is 0.00250. The molecule has 0 aliphatic carbocycles. The second kappa shape index (κ2) is 8.01. The molecular formula is C18H30N6O. The summed E-state index contributed by atoms with van der Waals surface area (Å²) in [7, 11) is 0. The second-order valence-corrected chi connectivity index (χ2v) is 7.12. The Kier molecular flexibility index (Phi) is 5.75. The van der Waals surface area contributed by atoms with Gasteiger partial charge in [0.1, 0.15) is 5.82 Å². The van der Waals surface area contributed by atoms with Crippen LogP contribution in [0.1, 0.15) is 51.6 Å². The molecule has 2 aromatic rings. The number of imidazole rings is 1. The first-order valence-electron chi connectivity index (χ1n) is 9.35. The Morgan fingerprint density at radius 1 is 1.36 bits per heavy atom. The van der Waals surface area contributed by atoms with Crippen molar-refractivity contribution in [2.75, 3.05) is 30.3 Å². The van der Waals surface area contributed by atoms with Crippen molar-refractivity contribution in [2.45, 2.75) is 58.0 Å². The molecule has 138 valence electrons. The van der Waals surface area contributed by atoms with Gasteiger partial charge in [-0.2, -0.15) is 0 Å². The van der Waals surface area contributed by atoms with Crippen molar-refractivity contribution in [3.63, 3.8) is 0 Å². The lowest BCUT2D eigenvalue weighted by Crippen LogP contribution is -2.35. The minimum atomic E-state index is 0.00250. The molecular weight excluding hydrogens is 316 g/mol. The molecule has 1 aliphatic rings. The largest absolute Gasteiger partial charge is 0.394 e. The molecule has 7 nitrogen and oxygen atoms in total. The molecule has 7 heteroatoms. The topological polar surface area (TPSA) is 86.5 Å². The number of fused-ring (bicyclic) bond motifs is 1. The Morgan fingerprint density at radius 2 is 2.12 bits per heavy atom. The van der Waals surface area contributed by atoms with Crippen LogP contribution in [0.25, 0.3) is 5.65 Å². The predicted octanol–water partition coefficient (Wildman–Crippen LogP) is 2.20. The molecule has 0 aromatic carbocycles. The molecule has 2 aromatic heterocycles. The van der Waals surface area contributed by atoms with Gasteiger partial charge in [-0.15, -0.1) is 5.10 Å². The van der Waals surface area contributed by atoms with E-state index in [9.17, 15) is 5.11 Å². The van der Waals surface area contributed by atoms with Crippen molar-refractivity contribution in [1.29, 1.82) is 0 Å². The number of anilines is 2. The van der Waals surface area contributed by atoms with E-state index in [1.54, 1.807) is 0 Å². The smallest absolute Gasteiger partial charge is 0.177 e. The van der Waals surface area contributed by atoms with Gasteiger partial charge in [0.25, 0.3) is 0 Å². The van der Waals surface area contributed by atoms with Crippen LogP contribution < -0.4 is 16.0 Å². The lowest BCUT2D eigenvalue weighted by molar-refractivity contribution is 0.271. The summed E-state index contributed by atoms with van der Waals surface area (Å²) < 4.78 is 1.93. The first-order chi connectivity index (χ1) is 12.1. The Balaban J connectivity index is 1.97. The van der Waals surface area contributed by atoms with Gasteiger partial charge < -0.3 is 21.1 Å². The van der Waals surface area contributed by atoms with E-state index >= 15 is 0 Å². The molecule has 1 atom stereocenters. The Morgan fingerprint density at radius 3 is 2.76 bits per heavy atom. The number of aromatic nitrogens is 3. The van der Waals surface area contributed by atoms with E-state index in [2.05, 4.69) is 41.7 Å². The van der Waals surface area contributed by atoms with Gasteiger partial charge in [0.05, 0.1) is 30.2 Å². The Bertz CT molecular complexity index is 688. The van der Waals surface area contributed by atoms with Gasteiger partial charge in [0.2, 0.25) is 0 Å². The summed E-state index contributed by atoms with van der Waals surface area (Å²) in [5, 5.41) is 24.6. The molecule has 4 N–H and O–H groups in total. The molecule has 0 bridgehead atoms. The fourth-order valence-electron chi connectivity index (χ4n) is 3.23. The van der Waals surface area contributed by atoms with Crippen LogP contribution >= 0.6 is 0 Å². The standard InChI is InChI=1S/C18H30N6O/c1-4-13(11-25)22-17-9-15(21-14-5-7-19-8-6-14)18-20-10-16(12(2)3)24(18)23-17/h9-10,12-14,19,21,25H,4-8,11H2,1-3H3,(H,22,23)/t13-/m1/s1.